The Hall–Kier alpha value is -0.840. The van der Waals surface area contributed by atoms with Crippen LogP contribution in [-0.2, 0) is 11.3 Å². The third-order valence-corrected chi connectivity index (χ3v) is 3.20. The molecule has 1 N–H and O–H groups in total. The van der Waals surface area contributed by atoms with Gasteiger partial charge in [0, 0.05) is 18.9 Å². The van der Waals surface area contributed by atoms with Crippen molar-refractivity contribution in [1.82, 2.24) is 14.9 Å². The summed E-state index contributed by atoms with van der Waals surface area (Å²) >= 11 is 3.39. The summed E-state index contributed by atoms with van der Waals surface area (Å²) < 4.78 is 1.43. The predicted octanol–water partition coefficient (Wildman–Crippen LogP) is 2.59. The maximum absolute atomic E-state index is 12.1. The molecule has 1 aromatic heterocycles. The smallest absolute Gasteiger partial charge is 0.236 e. The second kappa shape index (κ2) is 5.43. The third-order valence-electron chi connectivity index (χ3n) is 2.84. The zero-order valence-corrected chi connectivity index (χ0v) is 13.3. The second-order valence-electron chi connectivity index (χ2n) is 6.12. The number of aromatic nitrogens is 2. The van der Waals surface area contributed by atoms with Crippen LogP contribution in [0.4, 0.5) is 0 Å². The molecular weight excluding hydrogens is 294 g/mol. The number of nitrogens with one attached hydrogen (secondary N) is 1. The summed E-state index contributed by atoms with van der Waals surface area (Å²) in [5, 5.41) is 3.10. The van der Waals surface area contributed by atoms with E-state index in [4.69, 9.17) is 0 Å². The lowest BCUT2D eigenvalue weighted by Gasteiger charge is -2.33. The number of hydrogen-bond donors (Lipinski definition) is 1. The van der Waals surface area contributed by atoms with Gasteiger partial charge >= 0.3 is 0 Å². The number of imidazole rings is 1. The van der Waals surface area contributed by atoms with Crippen LogP contribution in [0.3, 0.4) is 0 Å². The molecular formula is C13H22BrN3O. The van der Waals surface area contributed by atoms with Gasteiger partial charge in [0.15, 0.2) is 0 Å². The number of halogens is 1. The first-order chi connectivity index (χ1) is 8.10. The van der Waals surface area contributed by atoms with Crippen LogP contribution < -0.4 is 5.32 Å². The Bertz CT molecular complexity index is 387. The van der Waals surface area contributed by atoms with E-state index < -0.39 is 4.32 Å². The predicted molar refractivity (Wildman–Crippen MR) is 76.6 cm³/mol. The van der Waals surface area contributed by atoms with Crippen LogP contribution in [0, 0.1) is 5.41 Å². The summed E-state index contributed by atoms with van der Waals surface area (Å²) in [6.07, 6.45) is 5.42. The van der Waals surface area contributed by atoms with E-state index in [1.54, 1.807) is 12.5 Å². The molecule has 4 nitrogen and oxygen atoms in total. The molecule has 0 aliphatic rings. The molecule has 18 heavy (non-hydrogen) atoms. The molecule has 0 saturated heterocycles. The highest BCUT2D eigenvalue weighted by Crippen LogP contribution is 2.23. The highest BCUT2D eigenvalue weighted by atomic mass is 79.9. The first kappa shape index (κ1) is 15.2. The average molecular weight is 316 g/mol. The van der Waals surface area contributed by atoms with Gasteiger partial charge in [0.25, 0.3) is 0 Å². The number of rotatable bonds is 4. The molecule has 1 atom stereocenters. The lowest BCUT2D eigenvalue weighted by molar-refractivity contribution is -0.124. The molecule has 0 spiro atoms. The van der Waals surface area contributed by atoms with Crippen molar-refractivity contribution >= 4 is 21.8 Å². The first-order valence-corrected chi connectivity index (χ1v) is 6.85. The van der Waals surface area contributed by atoms with Crippen molar-refractivity contribution < 1.29 is 4.79 Å². The summed E-state index contributed by atoms with van der Waals surface area (Å²) in [6, 6.07) is 0.0519. The number of carbonyl (C=O) groups excluding carboxylic acids is 1. The van der Waals surface area contributed by atoms with Crippen LogP contribution in [0.25, 0.3) is 0 Å². The summed E-state index contributed by atoms with van der Waals surface area (Å²) in [7, 11) is 0. The van der Waals surface area contributed by atoms with E-state index in [0.717, 1.165) is 6.54 Å². The van der Waals surface area contributed by atoms with Crippen LogP contribution >= 0.6 is 15.9 Å². The zero-order valence-electron chi connectivity index (χ0n) is 11.7. The number of nitrogens with zero attached hydrogens (tertiary/aromatic N) is 2. The van der Waals surface area contributed by atoms with Gasteiger partial charge in [-0.15, -0.1) is 0 Å². The molecule has 102 valence electrons. The van der Waals surface area contributed by atoms with E-state index in [1.807, 2.05) is 24.6 Å². The van der Waals surface area contributed by atoms with E-state index in [0.29, 0.717) is 0 Å². The minimum Gasteiger partial charge on any atom is -0.350 e. The Labute approximate surface area is 117 Å². The molecule has 5 heteroatoms. The highest BCUT2D eigenvalue weighted by Gasteiger charge is 2.31. The van der Waals surface area contributed by atoms with E-state index in [-0.39, 0.29) is 17.4 Å². The SMILES string of the molecule is CC(C)(Br)C(=O)NC(Cn1ccnc1)C(C)(C)C. The first-order valence-electron chi connectivity index (χ1n) is 6.06. The molecule has 1 aromatic rings. The normalized spacial score (nSPS) is 14.3. The van der Waals surface area contributed by atoms with Crippen LogP contribution in [-0.4, -0.2) is 25.8 Å². The lowest BCUT2D eigenvalue weighted by atomic mass is 9.86. The van der Waals surface area contributed by atoms with Crippen molar-refractivity contribution in [3.8, 4) is 0 Å². The van der Waals surface area contributed by atoms with Crippen molar-refractivity contribution in [2.24, 2.45) is 5.41 Å². The summed E-state index contributed by atoms with van der Waals surface area (Å²) in [4.78, 5) is 16.1. The van der Waals surface area contributed by atoms with Crippen LogP contribution in [0.5, 0.6) is 0 Å². The quantitative estimate of drug-likeness (QED) is 0.868. The summed E-state index contributed by atoms with van der Waals surface area (Å²) in [5.74, 6) is 0.00235. The van der Waals surface area contributed by atoms with Crippen LogP contribution in [0.2, 0.25) is 0 Å². The molecule has 0 bridgehead atoms. The molecule has 0 aliphatic heterocycles. The Morgan fingerprint density at radius 2 is 2.00 bits per heavy atom. The monoisotopic (exact) mass is 315 g/mol. The topological polar surface area (TPSA) is 46.9 Å². The largest absolute Gasteiger partial charge is 0.350 e. The minimum atomic E-state index is -0.550. The fourth-order valence-corrected chi connectivity index (χ4v) is 1.59. The van der Waals surface area contributed by atoms with Crippen LogP contribution in [0.1, 0.15) is 34.6 Å². The zero-order chi connectivity index (χ0) is 14.0. The van der Waals surface area contributed by atoms with E-state index in [9.17, 15) is 4.79 Å². The van der Waals surface area contributed by atoms with E-state index in [1.165, 1.54) is 0 Å². The number of amides is 1. The second-order valence-corrected chi connectivity index (χ2v) is 8.11. The van der Waals surface area contributed by atoms with Gasteiger partial charge in [-0.2, -0.15) is 0 Å². The molecule has 0 radical (unpaired) electrons. The Morgan fingerprint density at radius 1 is 1.39 bits per heavy atom. The van der Waals surface area contributed by atoms with Gasteiger partial charge in [-0.1, -0.05) is 36.7 Å². The van der Waals surface area contributed by atoms with Crippen molar-refractivity contribution in [2.75, 3.05) is 0 Å². The molecule has 1 rings (SSSR count). The minimum absolute atomic E-state index is 0.00235. The average Bonchev–Trinajstić information content (AvgIpc) is 2.66. The van der Waals surface area contributed by atoms with Crippen molar-refractivity contribution in [3.63, 3.8) is 0 Å². The molecule has 1 amide bonds. The molecule has 1 heterocycles. The third kappa shape index (κ3) is 4.44. The Kier molecular flexibility index (Phi) is 4.59. The standard InChI is InChI=1S/C13H22BrN3O/c1-12(2,3)10(8-17-7-6-15-9-17)16-11(18)13(4,5)14/h6-7,9-10H,8H2,1-5H3,(H,16,18). The highest BCUT2D eigenvalue weighted by molar-refractivity contribution is 9.10. The lowest BCUT2D eigenvalue weighted by Crippen LogP contribution is -2.50. The maximum Gasteiger partial charge on any atom is 0.236 e. The molecule has 0 aliphatic carbocycles. The number of carbonyl (C=O) groups is 1. The van der Waals surface area contributed by atoms with Gasteiger partial charge in [-0.05, 0) is 19.3 Å². The molecule has 0 saturated carbocycles. The summed E-state index contributed by atoms with van der Waals surface area (Å²) in [5.41, 5.74) is -0.0157. The fourth-order valence-electron chi connectivity index (χ4n) is 1.47. The van der Waals surface area contributed by atoms with E-state index in [2.05, 4.69) is 47.0 Å². The van der Waals surface area contributed by atoms with Crippen molar-refractivity contribution in [3.05, 3.63) is 18.7 Å². The Morgan fingerprint density at radius 3 is 2.39 bits per heavy atom. The van der Waals surface area contributed by atoms with E-state index >= 15 is 0 Å². The number of hydrogen-bond acceptors (Lipinski definition) is 2. The van der Waals surface area contributed by atoms with Crippen molar-refractivity contribution in [1.29, 1.82) is 0 Å². The van der Waals surface area contributed by atoms with Gasteiger partial charge in [0.05, 0.1) is 16.7 Å². The van der Waals surface area contributed by atoms with Crippen LogP contribution in [0.15, 0.2) is 18.7 Å². The number of alkyl halides is 1. The van der Waals surface area contributed by atoms with Crippen molar-refractivity contribution in [2.45, 2.75) is 51.5 Å². The maximum atomic E-state index is 12.1. The molecule has 1 unspecified atom stereocenters. The van der Waals surface area contributed by atoms with Gasteiger partial charge in [0.1, 0.15) is 0 Å². The molecule has 0 aromatic carbocycles. The van der Waals surface area contributed by atoms with Gasteiger partial charge in [-0.3, -0.25) is 4.79 Å². The molecule has 0 fully saturated rings. The van der Waals surface area contributed by atoms with Gasteiger partial charge < -0.3 is 9.88 Å². The summed E-state index contributed by atoms with van der Waals surface area (Å²) in [6.45, 7) is 10.8. The Balaban J connectivity index is 2.78. The van der Waals surface area contributed by atoms with Gasteiger partial charge in [-0.25, -0.2) is 4.98 Å². The van der Waals surface area contributed by atoms with Gasteiger partial charge in [0.2, 0.25) is 5.91 Å². The fraction of sp³-hybridized carbons (Fsp3) is 0.692.